The van der Waals surface area contributed by atoms with Gasteiger partial charge in [0.2, 0.25) is 0 Å². The van der Waals surface area contributed by atoms with E-state index in [2.05, 4.69) is 6.92 Å². The lowest BCUT2D eigenvalue weighted by Gasteiger charge is -2.40. The van der Waals surface area contributed by atoms with Crippen LogP contribution in [0.5, 0.6) is 0 Å². The maximum atomic E-state index is 14.7. The second-order valence-corrected chi connectivity index (χ2v) is 10.0. The van der Waals surface area contributed by atoms with Gasteiger partial charge < -0.3 is 0 Å². The molecule has 6 heteroatoms. The number of rotatable bonds is 5. The Balaban J connectivity index is 2.14. The van der Waals surface area contributed by atoms with Crippen LogP contribution in [-0.2, 0) is 14.6 Å². The Labute approximate surface area is 164 Å². The van der Waals surface area contributed by atoms with Gasteiger partial charge in [0, 0.05) is 10.6 Å². The summed E-state index contributed by atoms with van der Waals surface area (Å²) >= 11 is 5.89. The molecule has 0 spiro atoms. The minimum absolute atomic E-state index is 0.0626. The van der Waals surface area contributed by atoms with E-state index in [0.29, 0.717) is 23.8 Å². The van der Waals surface area contributed by atoms with Gasteiger partial charge in [-0.05, 0) is 74.1 Å². The molecule has 1 aliphatic rings. The summed E-state index contributed by atoms with van der Waals surface area (Å²) in [5.41, 5.74) is -0.0626. The van der Waals surface area contributed by atoms with Crippen LogP contribution >= 0.6 is 11.6 Å². The molecular weight excluding hydrogens is 390 g/mol. The van der Waals surface area contributed by atoms with E-state index in [-0.39, 0.29) is 23.3 Å². The molecule has 1 saturated carbocycles. The highest BCUT2D eigenvalue weighted by molar-refractivity contribution is 7.92. The van der Waals surface area contributed by atoms with Crippen molar-refractivity contribution in [3.8, 4) is 0 Å². The maximum absolute atomic E-state index is 14.7. The van der Waals surface area contributed by atoms with Crippen LogP contribution in [-0.4, -0.2) is 8.42 Å². The fourth-order valence-corrected chi connectivity index (χ4v) is 6.50. The minimum Gasteiger partial charge on any atom is -0.223 e. The van der Waals surface area contributed by atoms with E-state index >= 15 is 0 Å². The fourth-order valence-electron chi connectivity index (χ4n) is 4.21. The first-order chi connectivity index (χ1) is 12.8. The zero-order valence-corrected chi connectivity index (χ0v) is 16.8. The highest BCUT2D eigenvalue weighted by atomic mass is 35.5. The van der Waals surface area contributed by atoms with Crippen LogP contribution in [0.2, 0.25) is 5.02 Å². The highest BCUT2D eigenvalue weighted by Crippen LogP contribution is 2.49. The number of halogens is 3. The van der Waals surface area contributed by atoms with Crippen molar-refractivity contribution in [2.24, 2.45) is 5.92 Å². The average molecular weight is 413 g/mol. The van der Waals surface area contributed by atoms with Crippen molar-refractivity contribution in [1.29, 1.82) is 0 Å². The van der Waals surface area contributed by atoms with E-state index in [1.165, 1.54) is 24.3 Å². The molecule has 146 valence electrons. The van der Waals surface area contributed by atoms with E-state index in [1.54, 1.807) is 0 Å². The predicted molar refractivity (Wildman–Crippen MR) is 104 cm³/mol. The van der Waals surface area contributed by atoms with E-state index in [4.69, 9.17) is 11.6 Å². The molecule has 0 radical (unpaired) electrons. The fraction of sp³-hybridized carbons (Fsp3) is 0.429. The van der Waals surface area contributed by atoms with Crippen molar-refractivity contribution in [2.75, 3.05) is 0 Å². The molecule has 0 unspecified atom stereocenters. The van der Waals surface area contributed by atoms with Crippen molar-refractivity contribution in [1.82, 2.24) is 0 Å². The summed E-state index contributed by atoms with van der Waals surface area (Å²) in [6, 6.07) is 8.97. The van der Waals surface area contributed by atoms with E-state index in [1.807, 2.05) is 0 Å². The summed E-state index contributed by atoms with van der Waals surface area (Å²) < 4.78 is 54.4. The van der Waals surface area contributed by atoms with Crippen LogP contribution in [0, 0.1) is 17.6 Å². The summed E-state index contributed by atoms with van der Waals surface area (Å²) in [4.78, 5) is 0.0875. The molecule has 2 nitrogen and oxygen atoms in total. The van der Waals surface area contributed by atoms with Crippen molar-refractivity contribution < 1.29 is 17.2 Å². The molecule has 0 heterocycles. The quantitative estimate of drug-likeness (QED) is 0.579. The summed E-state index contributed by atoms with van der Waals surface area (Å²) in [5.74, 6) is -0.893. The molecule has 0 atom stereocenters. The molecule has 0 aliphatic heterocycles. The molecule has 1 aliphatic carbocycles. The van der Waals surface area contributed by atoms with Crippen LogP contribution in [0.1, 0.15) is 51.0 Å². The molecule has 27 heavy (non-hydrogen) atoms. The van der Waals surface area contributed by atoms with Crippen LogP contribution < -0.4 is 0 Å². The lowest BCUT2D eigenvalue weighted by atomic mass is 9.76. The number of hydrogen-bond donors (Lipinski definition) is 0. The third-order valence-corrected chi connectivity index (χ3v) is 8.47. The van der Waals surface area contributed by atoms with Gasteiger partial charge in [0.05, 0.1) is 4.90 Å². The molecule has 0 N–H and O–H groups in total. The van der Waals surface area contributed by atoms with Gasteiger partial charge in [-0.25, -0.2) is 17.2 Å². The summed E-state index contributed by atoms with van der Waals surface area (Å²) in [6.07, 6.45) is 3.96. The highest BCUT2D eigenvalue weighted by Gasteiger charge is 2.49. The van der Waals surface area contributed by atoms with Gasteiger partial charge in [-0.1, -0.05) is 31.4 Å². The first kappa shape index (κ1) is 20.3. The van der Waals surface area contributed by atoms with Crippen molar-refractivity contribution >= 4 is 21.4 Å². The molecule has 3 rings (SSSR count). The van der Waals surface area contributed by atoms with Crippen LogP contribution in [0.3, 0.4) is 0 Å². The van der Waals surface area contributed by atoms with Gasteiger partial charge in [0.25, 0.3) is 0 Å². The lowest BCUT2D eigenvalue weighted by molar-refractivity contribution is 0.273. The molecule has 0 aromatic heterocycles. The number of sulfone groups is 1. The van der Waals surface area contributed by atoms with Gasteiger partial charge >= 0.3 is 0 Å². The molecule has 0 bridgehead atoms. The second kappa shape index (κ2) is 7.88. The molecule has 0 amide bonds. The van der Waals surface area contributed by atoms with Gasteiger partial charge in [0.15, 0.2) is 9.84 Å². The molecule has 2 aromatic carbocycles. The lowest BCUT2D eigenvalue weighted by Crippen LogP contribution is -2.40. The summed E-state index contributed by atoms with van der Waals surface area (Å²) in [6.45, 7) is 2.10. The van der Waals surface area contributed by atoms with Gasteiger partial charge in [-0.15, -0.1) is 0 Å². The molecule has 2 aromatic rings. The van der Waals surface area contributed by atoms with Crippen molar-refractivity contribution in [3.05, 3.63) is 64.7 Å². The monoisotopic (exact) mass is 412 g/mol. The van der Waals surface area contributed by atoms with Gasteiger partial charge in [0.1, 0.15) is 16.4 Å². The predicted octanol–water partition coefficient (Wildman–Crippen LogP) is 6.28. The Morgan fingerprint density at radius 2 is 1.70 bits per heavy atom. The largest absolute Gasteiger partial charge is 0.223 e. The standard InChI is InChI=1S/C21H23ClF2O2S/c1-2-3-15-10-12-21(13-11-15,19-14-17(23)6-9-20(19)24)27(25,26)18-7-4-16(22)5-8-18/h4-9,14-15H,2-3,10-13H2,1H3. The molecule has 0 saturated heterocycles. The number of hydrogen-bond acceptors (Lipinski definition) is 2. The Morgan fingerprint density at radius 1 is 1.07 bits per heavy atom. The summed E-state index contributed by atoms with van der Waals surface area (Å²) in [5, 5.41) is 0.423. The SMILES string of the molecule is CCCC1CCC(c2cc(F)ccc2F)(S(=O)(=O)c2ccc(Cl)cc2)CC1. The average Bonchev–Trinajstić information content (AvgIpc) is 2.65. The maximum Gasteiger partial charge on any atom is 0.188 e. The van der Waals surface area contributed by atoms with Crippen LogP contribution in [0.25, 0.3) is 0 Å². The normalized spacial score (nSPS) is 23.3. The Hall–Kier alpha value is -1.46. The number of benzene rings is 2. The zero-order chi connectivity index (χ0) is 19.7. The first-order valence-electron chi connectivity index (χ1n) is 9.26. The Kier molecular flexibility index (Phi) is 5.92. The van der Waals surface area contributed by atoms with Crippen LogP contribution in [0.15, 0.2) is 47.4 Å². The third kappa shape index (κ3) is 3.77. The van der Waals surface area contributed by atoms with E-state index in [9.17, 15) is 17.2 Å². The topological polar surface area (TPSA) is 34.1 Å². The second-order valence-electron chi connectivity index (χ2n) is 7.31. The van der Waals surface area contributed by atoms with Crippen molar-refractivity contribution in [3.63, 3.8) is 0 Å². The van der Waals surface area contributed by atoms with Gasteiger partial charge in [-0.2, -0.15) is 0 Å². The summed E-state index contributed by atoms with van der Waals surface area (Å²) in [7, 11) is -3.94. The minimum atomic E-state index is -3.94. The van der Waals surface area contributed by atoms with E-state index in [0.717, 1.165) is 31.0 Å². The van der Waals surface area contributed by atoms with Gasteiger partial charge in [-0.3, -0.25) is 0 Å². The first-order valence-corrected chi connectivity index (χ1v) is 11.1. The third-order valence-electron chi connectivity index (χ3n) is 5.67. The molecule has 1 fully saturated rings. The Morgan fingerprint density at radius 3 is 2.30 bits per heavy atom. The molecular formula is C21H23ClF2O2S. The van der Waals surface area contributed by atoms with Crippen LogP contribution in [0.4, 0.5) is 8.78 Å². The Bertz CT molecular complexity index is 902. The zero-order valence-electron chi connectivity index (χ0n) is 15.2. The van der Waals surface area contributed by atoms with Crippen molar-refractivity contribution in [2.45, 2.75) is 55.1 Å². The smallest absolute Gasteiger partial charge is 0.188 e. The van der Waals surface area contributed by atoms with E-state index < -0.39 is 26.2 Å².